The number of ether oxygens (including phenoxy) is 1. The predicted octanol–water partition coefficient (Wildman–Crippen LogP) is 1.88. The highest BCUT2D eigenvalue weighted by molar-refractivity contribution is 6.07. The number of rotatable bonds is 4. The lowest BCUT2D eigenvalue weighted by atomic mass is 9.98. The molecule has 138 valence electrons. The Morgan fingerprint density at radius 3 is 2.85 bits per heavy atom. The number of hydrogen-bond donors (Lipinski definition) is 2. The van der Waals surface area contributed by atoms with E-state index in [2.05, 4.69) is 10.6 Å². The van der Waals surface area contributed by atoms with Crippen molar-refractivity contribution in [2.75, 3.05) is 13.2 Å². The molecule has 3 aliphatic rings. The fourth-order valence-electron chi connectivity index (χ4n) is 4.17. The summed E-state index contributed by atoms with van der Waals surface area (Å²) >= 11 is 0. The molecule has 0 bridgehead atoms. The standard InChI is InChI=1S/C19H23N3O4/c23-16(20-14-8-12-26-15-6-2-1-5-13(14)15)7-11-22-17(24)19(21-18(22)25)9-3-4-10-19/h1-2,5-6,14H,3-4,7-12H2,(H,20,23)(H,21,25)/t14-/m1/s1. The van der Waals surface area contributed by atoms with E-state index in [9.17, 15) is 14.4 Å². The van der Waals surface area contributed by atoms with Gasteiger partial charge in [0, 0.05) is 24.9 Å². The van der Waals surface area contributed by atoms with Crippen molar-refractivity contribution in [3.8, 4) is 5.75 Å². The maximum Gasteiger partial charge on any atom is 0.325 e. The molecule has 26 heavy (non-hydrogen) atoms. The van der Waals surface area contributed by atoms with Gasteiger partial charge in [-0.2, -0.15) is 0 Å². The van der Waals surface area contributed by atoms with Crippen LogP contribution in [0.3, 0.4) is 0 Å². The quantitative estimate of drug-likeness (QED) is 0.806. The van der Waals surface area contributed by atoms with Crippen LogP contribution in [-0.2, 0) is 9.59 Å². The van der Waals surface area contributed by atoms with Gasteiger partial charge in [0.2, 0.25) is 5.91 Å². The first-order valence-electron chi connectivity index (χ1n) is 9.24. The molecule has 1 atom stereocenters. The van der Waals surface area contributed by atoms with Crippen molar-refractivity contribution in [3.05, 3.63) is 29.8 Å². The Morgan fingerprint density at radius 1 is 1.27 bits per heavy atom. The molecule has 0 unspecified atom stereocenters. The number of carbonyl (C=O) groups excluding carboxylic acids is 3. The normalized spacial score (nSPS) is 23.5. The van der Waals surface area contributed by atoms with Gasteiger partial charge in [0.15, 0.2) is 0 Å². The maximum absolute atomic E-state index is 12.6. The average molecular weight is 357 g/mol. The van der Waals surface area contributed by atoms with Crippen LogP contribution in [0, 0.1) is 0 Å². The molecular weight excluding hydrogens is 334 g/mol. The van der Waals surface area contributed by atoms with Crippen LogP contribution in [0.15, 0.2) is 24.3 Å². The average Bonchev–Trinajstić information content (AvgIpc) is 3.20. The minimum atomic E-state index is -0.715. The number of benzene rings is 1. The van der Waals surface area contributed by atoms with Gasteiger partial charge in [0.1, 0.15) is 11.3 Å². The molecule has 0 radical (unpaired) electrons. The van der Waals surface area contributed by atoms with Crippen molar-refractivity contribution in [1.82, 2.24) is 15.5 Å². The van der Waals surface area contributed by atoms with Crippen molar-refractivity contribution >= 4 is 17.8 Å². The SMILES string of the molecule is O=C(CCN1C(=O)NC2(CCCC2)C1=O)N[C@@H]1CCOc2ccccc21. The van der Waals surface area contributed by atoms with Crippen LogP contribution in [0.25, 0.3) is 0 Å². The first kappa shape index (κ1) is 16.9. The summed E-state index contributed by atoms with van der Waals surface area (Å²) < 4.78 is 5.60. The van der Waals surface area contributed by atoms with Gasteiger partial charge in [-0.1, -0.05) is 31.0 Å². The first-order valence-corrected chi connectivity index (χ1v) is 9.24. The number of para-hydroxylation sites is 1. The lowest BCUT2D eigenvalue weighted by molar-refractivity contribution is -0.131. The number of nitrogens with zero attached hydrogens (tertiary/aromatic N) is 1. The molecule has 1 aromatic rings. The van der Waals surface area contributed by atoms with Crippen molar-refractivity contribution in [1.29, 1.82) is 0 Å². The van der Waals surface area contributed by atoms with Crippen molar-refractivity contribution in [2.45, 2.75) is 50.1 Å². The Kier molecular flexibility index (Phi) is 4.30. The highest BCUT2D eigenvalue weighted by Gasteiger charge is 2.52. The van der Waals surface area contributed by atoms with Crippen molar-refractivity contribution in [2.24, 2.45) is 0 Å². The maximum atomic E-state index is 12.6. The van der Waals surface area contributed by atoms with Crippen LogP contribution in [0.2, 0.25) is 0 Å². The summed E-state index contributed by atoms with van der Waals surface area (Å²) in [7, 11) is 0. The Hall–Kier alpha value is -2.57. The molecule has 7 heteroatoms. The fourth-order valence-corrected chi connectivity index (χ4v) is 4.17. The van der Waals surface area contributed by atoms with Crippen LogP contribution >= 0.6 is 0 Å². The third kappa shape index (κ3) is 2.91. The largest absolute Gasteiger partial charge is 0.493 e. The molecule has 7 nitrogen and oxygen atoms in total. The number of amides is 4. The Bertz CT molecular complexity index is 742. The molecule has 1 aromatic carbocycles. The van der Waals surface area contributed by atoms with Crippen LogP contribution < -0.4 is 15.4 Å². The third-order valence-electron chi connectivity index (χ3n) is 5.56. The zero-order valence-electron chi connectivity index (χ0n) is 14.6. The number of carbonyl (C=O) groups is 3. The number of fused-ring (bicyclic) bond motifs is 1. The van der Waals surface area contributed by atoms with E-state index >= 15 is 0 Å². The molecule has 2 aliphatic heterocycles. The second-order valence-electron chi connectivity index (χ2n) is 7.22. The van der Waals surface area contributed by atoms with E-state index in [0.717, 1.165) is 24.2 Å². The van der Waals surface area contributed by atoms with E-state index in [1.165, 1.54) is 4.90 Å². The lowest BCUT2D eigenvalue weighted by Crippen LogP contribution is -2.44. The fraction of sp³-hybridized carbons (Fsp3) is 0.526. The van der Waals surface area contributed by atoms with E-state index < -0.39 is 5.54 Å². The van der Waals surface area contributed by atoms with Gasteiger partial charge in [-0.3, -0.25) is 14.5 Å². The highest BCUT2D eigenvalue weighted by Crippen LogP contribution is 2.35. The van der Waals surface area contributed by atoms with Crippen LogP contribution in [0.1, 0.15) is 50.1 Å². The summed E-state index contributed by atoms with van der Waals surface area (Å²) in [6.45, 7) is 0.667. The summed E-state index contributed by atoms with van der Waals surface area (Å²) in [5.41, 5.74) is 0.250. The summed E-state index contributed by atoms with van der Waals surface area (Å²) in [5.74, 6) is 0.449. The van der Waals surface area contributed by atoms with Crippen molar-refractivity contribution < 1.29 is 19.1 Å². The summed E-state index contributed by atoms with van der Waals surface area (Å²) in [4.78, 5) is 38.3. The molecule has 4 rings (SSSR count). The second-order valence-corrected chi connectivity index (χ2v) is 7.22. The van der Waals surface area contributed by atoms with Gasteiger partial charge < -0.3 is 15.4 Å². The number of urea groups is 1. The van der Waals surface area contributed by atoms with Gasteiger partial charge >= 0.3 is 6.03 Å². The van der Waals surface area contributed by atoms with E-state index in [1.54, 1.807) is 0 Å². The van der Waals surface area contributed by atoms with Crippen molar-refractivity contribution in [3.63, 3.8) is 0 Å². The number of nitrogens with one attached hydrogen (secondary N) is 2. The number of imide groups is 1. The molecule has 4 amide bonds. The Balaban J connectivity index is 1.35. The van der Waals surface area contributed by atoms with Gasteiger partial charge in [0.05, 0.1) is 12.6 Å². The molecule has 2 N–H and O–H groups in total. The molecule has 1 spiro atoms. The first-order chi connectivity index (χ1) is 12.6. The molecule has 1 saturated heterocycles. The molecule has 0 aromatic heterocycles. The van der Waals surface area contributed by atoms with Gasteiger partial charge in [-0.05, 0) is 18.9 Å². The van der Waals surface area contributed by atoms with E-state index in [4.69, 9.17) is 4.74 Å². The minimum Gasteiger partial charge on any atom is -0.493 e. The summed E-state index contributed by atoms with van der Waals surface area (Å²) in [6.07, 6.45) is 4.09. The van der Waals surface area contributed by atoms with Crippen LogP contribution in [-0.4, -0.2) is 41.4 Å². The van der Waals surface area contributed by atoms with E-state index in [1.807, 2.05) is 24.3 Å². The smallest absolute Gasteiger partial charge is 0.325 e. The summed E-state index contributed by atoms with van der Waals surface area (Å²) in [6, 6.07) is 7.18. The van der Waals surface area contributed by atoms with Crippen LogP contribution in [0.5, 0.6) is 5.75 Å². The van der Waals surface area contributed by atoms with E-state index in [0.29, 0.717) is 25.9 Å². The van der Waals surface area contributed by atoms with Gasteiger partial charge in [0.25, 0.3) is 5.91 Å². The molecule has 2 fully saturated rings. The molecule has 2 heterocycles. The Morgan fingerprint density at radius 2 is 2.04 bits per heavy atom. The van der Waals surface area contributed by atoms with Crippen LogP contribution in [0.4, 0.5) is 4.79 Å². The lowest BCUT2D eigenvalue weighted by Gasteiger charge is -2.27. The topological polar surface area (TPSA) is 87.7 Å². The molecular formula is C19H23N3O4. The zero-order valence-corrected chi connectivity index (χ0v) is 14.6. The highest BCUT2D eigenvalue weighted by atomic mass is 16.5. The van der Waals surface area contributed by atoms with Gasteiger partial charge in [-0.25, -0.2) is 4.79 Å². The van der Waals surface area contributed by atoms with E-state index in [-0.39, 0.29) is 36.9 Å². The molecule has 1 aliphatic carbocycles. The monoisotopic (exact) mass is 357 g/mol. The predicted molar refractivity (Wildman–Crippen MR) is 93.5 cm³/mol. The zero-order chi connectivity index (χ0) is 18.1. The number of hydrogen-bond acceptors (Lipinski definition) is 4. The Labute approximate surface area is 152 Å². The summed E-state index contributed by atoms with van der Waals surface area (Å²) in [5, 5.41) is 5.84. The minimum absolute atomic E-state index is 0.100. The molecule has 1 saturated carbocycles. The van der Waals surface area contributed by atoms with Gasteiger partial charge in [-0.15, -0.1) is 0 Å². The third-order valence-corrected chi connectivity index (χ3v) is 5.56. The second kappa shape index (κ2) is 6.63.